The molecule has 3 aliphatic heterocycles. The van der Waals surface area contributed by atoms with E-state index < -0.39 is 0 Å². The summed E-state index contributed by atoms with van der Waals surface area (Å²) in [5, 5.41) is 24.3. The van der Waals surface area contributed by atoms with E-state index in [0.29, 0.717) is 18.2 Å². The summed E-state index contributed by atoms with van der Waals surface area (Å²) in [4.78, 5) is 6.52. The molecule has 12 fully saturated rings. The Morgan fingerprint density at radius 3 is 1.03 bits per heavy atom. The molecule has 0 amide bonds. The fourth-order valence-corrected chi connectivity index (χ4v) is 20.6. The quantitative estimate of drug-likeness (QED) is 0.237. The third-order valence-electron chi connectivity index (χ3n) is 23.3. The number of hydrogen-bond acceptors (Lipinski definition) is 6. The summed E-state index contributed by atoms with van der Waals surface area (Å²) >= 11 is 0. The minimum Gasteiger partial charge on any atom is -0.294 e. The van der Waals surface area contributed by atoms with Gasteiger partial charge < -0.3 is 0 Å². The minimum atomic E-state index is 0.179. The number of nitrogens with zero attached hydrogens (tertiary/aromatic N) is 3. The van der Waals surface area contributed by atoms with E-state index in [1.807, 2.05) is 0 Å². The largest absolute Gasteiger partial charge is 0.294 e. The van der Waals surface area contributed by atoms with E-state index >= 15 is 0 Å². The van der Waals surface area contributed by atoms with Crippen molar-refractivity contribution in [1.29, 1.82) is 5.26 Å². The number of likely N-dealkylation sites (tertiary alicyclic amines) is 2. The zero-order valence-corrected chi connectivity index (χ0v) is 40.9. The molecule has 0 aromatic heterocycles. The molecule has 358 valence electrons. The van der Waals surface area contributed by atoms with Crippen LogP contribution in [0.3, 0.4) is 0 Å². The lowest BCUT2D eigenvalue weighted by molar-refractivity contribution is -0.0292. The monoisotopic (exact) mass is 877 g/mol. The van der Waals surface area contributed by atoms with Crippen molar-refractivity contribution < 1.29 is 0 Å². The van der Waals surface area contributed by atoms with Gasteiger partial charge in [0.05, 0.1) is 30.5 Å². The van der Waals surface area contributed by atoms with Crippen molar-refractivity contribution in [3.8, 4) is 6.07 Å². The third-order valence-corrected chi connectivity index (χ3v) is 23.3. The molecule has 9 aliphatic carbocycles. The van der Waals surface area contributed by atoms with Crippen molar-refractivity contribution in [2.24, 2.45) is 71.0 Å². The summed E-state index contributed by atoms with van der Waals surface area (Å²) in [5.41, 5.74) is 0. The van der Waals surface area contributed by atoms with Crippen LogP contribution in [0.4, 0.5) is 0 Å². The molecule has 0 spiro atoms. The third kappa shape index (κ3) is 8.56. The lowest BCUT2D eigenvalue weighted by Gasteiger charge is -2.54. The van der Waals surface area contributed by atoms with Gasteiger partial charge in [0.25, 0.3) is 0 Å². The van der Waals surface area contributed by atoms with Crippen LogP contribution in [0.1, 0.15) is 231 Å². The molecular weight excluding hydrogens is 781 g/mol. The van der Waals surface area contributed by atoms with E-state index in [1.54, 1.807) is 0 Å². The van der Waals surface area contributed by atoms with Crippen LogP contribution >= 0.6 is 0 Å². The molecule has 14 unspecified atom stereocenters. The summed E-state index contributed by atoms with van der Waals surface area (Å²) in [7, 11) is 0. The molecule has 14 atom stereocenters. The Bertz CT molecular complexity index is 1480. The van der Waals surface area contributed by atoms with Crippen molar-refractivity contribution in [2.75, 3.05) is 0 Å². The van der Waals surface area contributed by atoms with Crippen molar-refractivity contribution in [1.82, 2.24) is 25.8 Å². The van der Waals surface area contributed by atoms with Gasteiger partial charge in [0.2, 0.25) is 0 Å². The minimum absolute atomic E-state index is 0.179. The normalized spacial score (nSPS) is 50.1. The van der Waals surface area contributed by atoms with Crippen LogP contribution in [-0.4, -0.2) is 64.5 Å². The Kier molecular flexibility index (Phi) is 13.9. The highest BCUT2D eigenvalue weighted by molar-refractivity contribution is 5.10. The fraction of sp³-hybridized carbons (Fsp3) is 0.983. The molecule has 0 bridgehead atoms. The van der Waals surface area contributed by atoms with Crippen LogP contribution in [0.15, 0.2) is 0 Å². The van der Waals surface area contributed by atoms with Crippen molar-refractivity contribution >= 4 is 0 Å². The smallest absolute Gasteiger partial charge is 0.0659 e. The fourth-order valence-electron chi connectivity index (χ4n) is 20.6. The van der Waals surface area contributed by atoms with E-state index in [0.717, 1.165) is 95.4 Å². The maximum Gasteiger partial charge on any atom is 0.0659 e. The Labute approximate surface area is 392 Å². The van der Waals surface area contributed by atoms with Crippen molar-refractivity contribution in [2.45, 2.75) is 286 Å². The number of rotatable bonds is 7. The molecule has 0 aromatic rings. The maximum atomic E-state index is 11.4. The number of nitrogens with one attached hydrogen (secondary N) is 3. The molecule has 3 N–H and O–H groups in total. The van der Waals surface area contributed by atoms with Gasteiger partial charge in [0, 0.05) is 42.2 Å². The predicted octanol–water partition coefficient (Wildman–Crippen LogP) is 12.7. The molecule has 12 rings (SSSR count). The molecule has 12 aliphatic rings. The second-order valence-electron chi connectivity index (χ2n) is 26.0. The summed E-state index contributed by atoms with van der Waals surface area (Å²) < 4.78 is 0. The Hall–Kier alpha value is -0.710. The van der Waals surface area contributed by atoms with E-state index in [2.05, 4.69) is 31.8 Å². The highest BCUT2D eigenvalue weighted by Gasteiger charge is 2.56. The van der Waals surface area contributed by atoms with Crippen LogP contribution in [0.2, 0.25) is 0 Å². The van der Waals surface area contributed by atoms with Crippen LogP contribution < -0.4 is 16.0 Å². The molecule has 3 heterocycles. The van der Waals surface area contributed by atoms with Crippen LogP contribution in [0, 0.1) is 82.3 Å². The second kappa shape index (κ2) is 20.0. The van der Waals surface area contributed by atoms with Gasteiger partial charge in [0.15, 0.2) is 0 Å². The standard InChI is InChI=1S/C58H96N6/c59-37-42-35-49(38-27-31-43(32-28-38)63-52-23-11-7-19-45(52)46-20-8-12-24-53(46)63)50(39-29-33-44(34-30-39)64-54-25-13-9-21-47(54)48-22-10-14-26-55(48)64)36-51(42)58-61-56(40-15-3-1-4-16-40)60-57(62-58)41-17-5-2-6-18-41/h38-58,60-62H,1-36H2. The Balaban J connectivity index is 0.792. The van der Waals surface area contributed by atoms with Gasteiger partial charge >= 0.3 is 0 Å². The summed E-state index contributed by atoms with van der Waals surface area (Å²) in [6.07, 6.45) is 53.3. The molecule has 3 saturated heterocycles. The lowest BCUT2D eigenvalue weighted by atomic mass is 9.56. The molecule has 0 aromatic carbocycles. The first-order valence-corrected chi connectivity index (χ1v) is 29.9. The van der Waals surface area contributed by atoms with Gasteiger partial charge in [-0.1, -0.05) is 89.9 Å². The first-order valence-electron chi connectivity index (χ1n) is 29.9. The average Bonchev–Trinajstić information content (AvgIpc) is 3.90. The highest BCUT2D eigenvalue weighted by Crippen LogP contribution is 2.57. The Morgan fingerprint density at radius 1 is 0.297 bits per heavy atom. The van der Waals surface area contributed by atoms with E-state index in [1.165, 1.54) is 231 Å². The van der Waals surface area contributed by atoms with Gasteiger partial charge in [0.1, 0.15) is 0 Å². The van der Waals surface area contributed by atoms with Gasteiger partial charge in [-0.05, 0) is 200 Å². The van der Waals surface area contributed by atoms with Crippen LogP contribution in [0.25, 0.3) is 0 Å². The van der Waals surface area contributed by atoms with E-state index in [4.69, 9.17) is 0 Å². The van der Waals surface area contributed by atoms with Gasteiger partial charge in [-0.2, -0.15) is 5.26 Å². The molecular formula is C58H96N6. The molecule has 6 nitrogen and oxygen atoms in total. The summed E-state index contributed by atoms with van der Waals surface area (Å²) in [6, 6.07) is 8.47. The lowest BCUT2D eigenvalue weighted by Crippen LogP contribution is -2.73. The molecule has 64 heavy (non-hydrogen) atoms. The van der Waals surface area contributed by atoms with Crippen LogP contribution in [-0.2, 0) is 0 Å². The SMILES string of the molecule is N#CC1CC(C2CCC(N3C4CCCCC4C4CCCCC43)CC2)C(C2CCC(N3C4CCCCC4C4CCCCC43)CC2)CC1C1NC(C2CCCCC2)NC(C2CCCCC2)N1. The Morgan fingerprint density at radius 2 is 0.641 bits per heavy atom. The van der Waals surface area contributed by atoms with Gasteiger partial charge in [-0.25, -0.2) is 0 Å². The molecule has 6 heteroatoms. The van der Waals surface area contributed by atoms with Crippen molar-refractivity contribution in [3.63, 3.8) is 0 Å². The molecule has 0 radical (unpaired) electrons. The zero-order valence-electron chi connectivity index (χ0n) is 40.9. The second-order valence-corrected chi connectivity index (χ2v) is 26.0. The summed E-state index contributed by atoms with van der Waals surface area (Å²) in [6.45, 7) is 0. The van der Waals surface area contributed by atoms with Crippen molar-refractivity contribution in [3.05, 3.63) is 0 Å². The average molecular weight is 877 g/mol. The van der Waals surface area contributed by atoms with E-state index in [9.17, 15) is 5.26 Å². The van der Waals surface area contributed by atoms with Gasteiger partial charge in [-0.15, -0.1) is 0 Å². The zero-order chi connectivity index (χ0) is 42.6. The van der Waals surface area contributed by atoms with E-state index in [-0.39, 0.29) is 12.1 Å². The highest BCUT2D eigenvalue weighted by atomic mass is 15.4. The first kappa shape index (κ1) is 44.5. The molecule has 9 saturated carbocycles. The number of fused-ring (bicyclic) bond motifs is 6. The van der Waals surface area contributed by atoms with Gasteiger partial charge in [-0.3, -0.25) is 25.8 Å². The van der Waals surface area contributed by atoms with Crippen LogP contribution in [0.5, 0.6) is 0 Å². The first-order chi connectivity index (χ1) is 31.7. The maximum absolute atomic E-state index is 11.4. The summed E-state index contributed by atoms with van der Waals surface area (Å²) in [5.74, 6) is 9.43. The topological polar surface area (TPSA) is 66.4 Å². The number of hydrogen-bond donors (Lipinski definition) is 3. The number of nitriles is 1. The predicted molar refractivity (Wildman–Crippen MR) is 261 cm³/mol.